The van der Waals surface area contributed by atoms with Gasteiger partial charge in [-0.1, -0.05) is 42.5 Å². The Morgan fingerprint density at radius 2 is 1.33 bits per heavy atom. The van der Waals surface area contributed by atoms with Crippen LogP contribution in [-0.4, -0.2) is 40.0 Å². The molecule has 0 aliphatic heterocycles. The molecule has 0 amide bonds. The van der Waals surface area contributed by atoms with E-state index >= 15 is 0 Å². The molecular weight excluding hydrogens is 466 g/mol. The van der Waals surface area contributed by atoms with E-state index in [1.54, 1.807) is 18.2 Å². The van der Waals surface area contributed by atoms with Crippen LogP contribution in [0.3, 0.4) is 0 Å². The zero-order valence-corrected chi connectivity index (χ0v) is 19.3. The smallest absolute Gasteiger partial charge is 0.297 e. The summed E-state index contributed by atoms with van der Waals surface area (Å²) < 4.78 is 66.6. The van der Waals surface area contributed by atoms with E-state index < -0.39 is 25.1 Å². The van der Waals surface area contributed by atoms with Gasteiger partial charge in [0.05, 0.1) is 5.69 Å². The largest absolute Gasteiger partial charge is 0.378 e. The van der Waals surface area contributed by atoms with Gasteiger partial charge in [-0.25, -0.2) is 0 Å². The highest BCUT2D eigenvalue weighted by molar-refractivity contribution is 7.86. The maximum Gasteiger partial charge on any atom is 0.297 e. The van der Waals surface area contributed by atoms with Gasteiger partial charge in [0, 0.05) is 19.8 Å². The van der Waals surface area contributed by atoms with Gasteiger partial charge >= 0.3 is 0 Å². The first-order valence-electron chi connectivity index (χ1n) is 9.51. The standard InChI is InChI=1S/C22H21N3O6S2/c1-25(2)19-14-12-18(13-15-19)23-24-20-8-5-7-17(22(20)33(29,30)31)11-10-16-6-3-4-9-21(16)32(26,27)28/h3-15H,1-2H3,(H,26,27,28)(H,29,30,31)/b11-10+,24-23?. The second-order valence-electron chi connectivity index (χ2n) is 7.13. The Hall–Kier alpha value is -3.38. The lowest BCUT2D eigenvalue weighted by molar-refractivity contribution is 0.480. The maximum absolute atomic E-state index is 12.1. The fraction of sp³-hybridized carbons (Fsp3) is 0.0909. The van der Waals surface area contributed by atoms with Gasteiger partial charge in [-0.05, 0) is 47.5 Å². The molecule has 33 heavy (non-hydrogen) atoms. The molecule has 0 radical (unpaired) electrons. The second kappa shape index (κ2) is 9.63. The summed E-state index contributed by atoms with van der Waals surface area (Å²) in [6.07, 6.45) is 2.62. The van der Waals surface area contributed by atoms with Gasteiger partial charge in [0.2, 0.25) is 0 Å². The average Bonchev–Trinajstić information content (AvgIpc) is 2.75. The molecule has 0 aliphatic carbocycles. The number of nitrogens with zero attached hydrogens (tertiary/aromatic N) is 3. The molecule has 172 valence electrons. The minimum absolute atomic E-state index is 0.0575. The molecule has 2 N–H and O–H groups in total. The summed E-state index contributed by atoms with van der Waals surface area (Å²) in [5.41, 5.74) is 1.52. The van der Waals surface area contributed by atoms with Gasteiger partial charge in [0.25, 0.3) is 20.2 Å². The van der Waals surface area contributed by atoms with Crippen molar-refractivity contribution in [2.24, 2.45) is 10.2 Å². The Labute approximate surface area is 192 Å². The lowest BCUT2D eigenvalue weighted by Crippen LogP contribution is -2.07. The number of hydrogen-bond donors (Lipinski definition) is 2. The molecule has 3 rings (SSSR count). The van der Waals surface area contributed by atoms with Crippen molar-refractivity contribution >= 4 is 49.5 Å². The summed E-state index contributed by atoms with van der Waals surface area (Å²) in [5, 5.41) is 8.04. The van der Waals surface area contributed by atoms with E-state index in [-0.39, 0.29) is 21.7 Å². The van der Waals surface area contributed by atoms with Crippen molar-refractivity contribution in [2.45, 2.75) is 9.79 Å². The van der Waals surface area contributed by atoms with Crippen molar-refractivity contribution in [2.75, 3.05) is 19.0 Å². The van der Waals surface area contributed by atoms with E-state index in [0.29, 0.717) is 5.69 Å². The summed E-state index contributed by atoms with van der Waals surface area (Å²) >= 11 is 0. The van der Waals surface area contributed by atoms with E-state index in [4.69, 9.17) is 0 Å². The first kappa shape index (κ1) is 24.3. The van der Waals surface area contributed by atoms with Crippen LogP contribution in [0, 0.1) is 0 Å². The van der Waals surface area contributed by atoms with Crippen LogP contribution in [0.15, 0.2) is 86.7 Å². The molecule has 3 aromatic rings. The Morgan fingerprint density at radius 1 is 0.727 bits per heavy atom. The van der Waals surface area contributed by atoms with E-state index in [2.05, 4.69) is 10.2 Å². The van der Waals surface area contributed by atoms with E-state index in [0.717, 1.165) is 5.69 Å². The van der Waals surface area contributed by atoms with Gasteiger partial charge in [0.1, 0.15) is 15.5 Å². The highest BCUT2D eigenvalue weighted by Crippen LogP contribution is 2.31. The average molecular weight is 488 g/mol. The molecule has 11 heteroatoms. The van der Waals surface area contributed by atoms with Crippen LogP contribution < -0.4 is 4.90 Å². The van der Waals surface area contributed by atoms with Crippen LogP contribution in [0.4, 0.5) is 17.1 Å². The van der Waals surface area contributed by atoms with Gasteiger partial charge in [-0.3, -0.25) is 9.11 Å². The first-order valence-corrected chi connectivity index (χ1v) is 12.4. The molecule has 9 nitrogen and oxygen atoms in total. The predicted molar refractivity (Wildman–Crippen MR) is 126 cm³/mol. The van der Waals surface area contributed by atoms with Crippen molar-refractivity contribution in [3.63, 3.8) is 0 Å². The SMILES string of the molecule is CN(C)c1ccc(N=Nc2cccc(/C=C/c3ccccc3S(=O)(=O)O)c2S(=O)(=O)O)cc1. The van der Waals surface area contributed by atoms with Crippen LogP contribution in [0.1, 0.15) is 11.1 Å². The van der Waals surface area contributed by atoms with Crippen LogP contribution in [0.5, 0.6) is 0 Å². The van der Waals surface area contributed by atoms with Crippen LogP contribution >= 0.6 is 0 Å². The Bertz CT molecular complexity index is 1430. The third kappa shape index (κ3) is 6.11. The summed E-state index contributed by atoms with van der Waals surface area (Å²) in [6, 6.07) is 17.0. The minimum atomic E-state index is -4.71. The molecule has 0 bridgehead atoms. The quantitative estimate of drug-likeness (QED) is 0.277. The van der Waals surface area contributed by atoms with Crippen LogP contribution in [0.2, 0.25) is 0 Å². The van der Waals surface area contributed by atoms with Crippen LogP contribution in [0.25, 0.3) is 12.2 Å². The highest BCUT2D eigenvalue weighted by atomic mass is 32.2. The molecular formula is C22H21N3O6S2. The van der Waals surface area contributed by atoms with Gasteiger partial charge in [-0.15, -0.1) is 5.11 Å². The zero-order valence-electron chi connectivity index (χ0n) is 17.7. The molecule has 0 atom stereocenters. The number of anilines is 1. The molecule has 0 spiro atoms. The Kier molecular flexibility index (Phi) is 7.08. The van der Waals surface area contributed by atoms with Gasteiger partial charge < -0.3 is 4.90 Å². The van der Waals surface area contributed by atoms with Crippen LogP contribution in [-0.2, 0) is 20.2 Å². The van der Waals surface area contributed by atoms with E-state index in [9.17, 15) is 25.9 Å². The van der Waals surface area contributed by atoms with Crippen molar-refractivity contribution in [3.05, 3.63) is 77.9 Å². The Morgan fingerprint density at radius 3 is 1.94 bits per heavy atom. The minimum Gasteiger partial charge on any atom is -0.378 e. The first-order chi connectivity index (χ1) is 15.5. The summed E-state index contributed by atoms with van der Waals surface area (Å²) in [5.74, 6) is 0. The fourth-order valence-electron chi connectivity index (χ4n) is 2.99. The topological polar surface area (TPSA) is 137 Å². The van der Waals surface area contributed by atoms with E-state index in [1.807, 2.05) is 31.1 Å². The third-order valence-corrected chi connectivity index (χ3v) is 6.45. The zero-order chi connectivity index (χ0) is 24.2. The predicted octanol–water partition coefficient (Wildman–Crippen LogP) is 4.83. The van der Waals surface area contributed by atoms with E-state index in [1.165, 1.54) is 48.6 Å². The van der Waals surface area contributed by atoms with Gasteiger partial charge in [0.15, 0.2) is 0 Å². The number of rotatable bonds is 7. The highest BCUT2D eigenvalue weighted by Gasteiger charge is 2.20. The van der Waals surface area contributed by atoms with Crippen molar-refractivity contribution in [1.82, 2.24) is 0 Å². The maximum atomic E-state index is 12.1. The third-order valence-electron chi connectivity index (χ3n) is 4.56. The molecule has 0 unspecified atom stereocenters. The van der Waals surface area contributed by atoms with Crippen molar-refractivity contribution in [1.29, 1.82) is 0 Å². The summed E-state index contributed by atoms with van der Waals surface area (Å²) in [6.45, 7) is 0. The monoisotopic (exact) mass is 487 g/mol. The number of azo groups is 1. The van der Waals surface area contributed by atoms with Crippen molar-refractivity contribution < 1.29 is 25.9 Å². The molecule has 0 saturated heterocycles. The van der Waals surface area contributed by atoms with Gasteiger partial charge in [-0.2, -0.15) is 21.9 Å². The molecule has 0 fully saturated rings. The van der Waals surface area contributed by atoms with Crippen molar-refractivity contribution in [3.8, 4) is 0 Å². The molecule has 0 aromatic heterocycles. The molecule has 0 heterocycles. The second-order valence-corrected chi connectivity index (χ2v) is 9.88. The molecule has 0 aliphatic rings. The molecule has 3 aromatic carbocycles. The fourth-order valence-corrected chi connectivity index (χ4v) is 4.49. The lowest BCUT2D eigenvalue weighted by atomic mass is 10.1. The number of benzene rings is 3. The number of hydrogen-bond acceptors (Lipinski definition) is 7. The normalized spacial score (nSPS) is 12.5. The summed E-state index contributed by atoms with van der Waals surface area (Å²) in [4.78, 5) is 1.08. The summed E-state index contributed by atoms with van der Waals surface area (Å²) in [7, 11) is -5.41. The Balaban J connectivity index is 2.04. The lowest BCUT2D eigenvalue weighted by Gasteiger charge is -2.11. The molecule has 0 saturated carbocycles.